The lowest BCUT2D eigenvalue weighted by Crippen LogP contribution is -2.42. The molecule has 1 aliphatic rings. The predicted octanol–water partition coefficient (Wildman–Crippen LogP) is 1.73. The average molecular weight is 277 g/mol. The molecule has 1 aliphatic carbocycles. The summed E-state index contributed by atoms with van der Waals surface area (Å²) in [6.45, 7) is 5.42. The van der Waals surface area contributed by atoms with E-state index in [1.54, 1.807) is 20.8 Å². The maximum atomic E-state index is 13.5. The van der Waals surface area contributed by atoms with E-state index in [0.717, 1.165) is 0 Å². The van der Waals surface area contributed by atoms with Crippen LogP contribution in [0.3, 0.4) is 0 Å². The highest BCUT2D eigenvalue weighted by Crippen LogP contribution is 2.31. The Morgan fingerprint density at radius 2 is 2.11 bits per heavy atom. The fourth-order valence-electron chi connectivity index (χ4n) is 1.67. The van der Waals surface area contributed by atoms with Gasteiger partial charge in [0.2, 0.25) is 5.28 Å². The first-order valence-corrected chi connectivity index (χ1v) is 6.07. The van der Waals surface area contributed by atoms with E-state index >= 15 is 0 Å². The van der Waals surface area contributed by atoms with Crippen LogP contribution in [-0.4, -0.2) is 45.9 Å². The Bertz CT molecular complexity index is 369. The quantitative estimate of drug-likeness (QED) is 0.480. The van der Waals surface area contributed by atoms with Crippen molar-refractivity contribution in [2.45, 2.75) is 51.4 Å². The Morgan fingerprint density at radius 3 is 2.53 bits per heavy atom. The Labute approximate surface area is 111 Å². The number of rotatable bonds is 4. The molecule has 0 aromatic carbocycles. The van der Waals surface area contributed by atoms with Crippen molar-refractivity contribution in [3.63, 3.8) is 0 Å². The van der Waals surface area contributed by atoms with Crippen LogP contribution >= 0.6 is 0 Å². The lowest BCUT2D eigenvalue weighted by Gasteiger charge is -2.26. The summed E-state index contributed by atoms with van der Waals surface area (Å²) in [6.07, 6.45) is -2.49. The smallest absolute Gasteiger partial charge is 0.306 e. The number of hydrazine groups is 1. The molecule has 0 unspecified atom stereocenters. The van der Waals surface area contributed by atoms with E-state index in [1.165, 1.54) is 12.1 Å². The van der Waals surface area contributed by atoms with Gasteiger partial charge < -0.3 is 15.2 Å². The van der Waals surface area contributed by atoms with Crippen LogP contribution in [0, 0.1) is 11.1 Å². The van der Waals surface area contributed by atoms with Crippen molar-refractivity contribution in [2.24, 2.45) is 11.2 Å². The molecule has 1 N–H and O–H groups in total. The van der Waals surface area contributed by atoms with Crippen LogP contribution in [0.15, 0.2) is 5.28 Å². The second-order valence-corrected chi connectivity index (χ2v) is 5.70. The summed E-state index contributed by atoms with van der Waals surface area (Å²) in [4.78, 5) is 15.8. The van der Waals surface area contributed by atoms with Crippen molar-refractivity contribution in [1.82, 2.24) is 5.01 Å². The van der Waals surface area contributed by atoms with E-state index in [0.29, 0.717) is 0 Å². The molecule has 0 aromatic rings. The van der Waals surface area contributed by atoms with Crippen molar-refractivity contribution in [1.29, 1.82) is 0 Å². The first-order chi connectivity index (χ1) is 8.62. The van der Waals surface area contributed by atoms with Crippen molar-refractivity contribution in [3.8, 4) is 0 Å². The summed E-state index contributed by atoms with van der Waals surface area (Å²) in [5, 5.41) is 24.9. The molecule has 1 rings (SSSR count). The topological polar surface area (TPSA) is 88.2 Å². The number of aliphatic carboxylic acids is 1. The van der Waals surface area contributed by atoms with Gasteiger partial charge in [-0.1, -0.05) is 0 Å². The van der Waals surface area contributed by atoms with Crippen LogP contribution in [0.5, 0.6) is 0 Å². The molecule has 1 fully saturated rings. The van der Waals surface area contributed by atoms with Crippen LogP contribution in [0.1, 0.15) is 33.6 Å². The number of alkyl halides is 1. The largest absolute Gasteiger partial charge is 0.569 e. The minimum absolute atomic E-state index is 0.0209. The van der Waals surface area contributed by atoms with Gasteiger partial charge >= 0.3 is 5.97 Å². The minimum Gasteiger partial charge on any atom is -0.569 e. The van der Waals surface area contributed by atoms with Gasteiger partial charge in [-0.2, -0.15) is 0 Å². The Kier molecular flexibility index (Phi) is 4.54. The molecule has 0 bridgehead atoms. The standard InChI is InChI=1S/C11H20FN3O4/c1-11(2,3)14(4)15(18)13-19-9-6-7(10(16)17)5-8(9)12/h7-9H,5-6H2,1-4H3,(H,16,17)/b15-13+/t7-,8+,9-/m0/s1. The van der Waals surface area contributed by atoms with Gasteiger partial charge in [-0.3, -0.25) is 4.79 Å². The lowest BCUT2D eigenvalue weighted by molar-refractivity contribution is -0.720. The van der Waals surface area contributed by atoms with Crippen molar-refractivity contribution >= 4 is 5.97 Å². The summed E-state index contributed by atoms with van der Waals surface area (Å²) in [7, 11) is 1.53. The molecule has 0 saturated heterocycles. The summed E-state index contributed by atoms with van der Waals surface area (Å²) < 4.78 is 13.5. The van der Waals surface area contributed by atoms with Crippen LogP contribution in [0.25, 0.3) is 0 Å². The molecule has 0 spiro atoms. The van der Waals surface area contributed by atoms with E-state index in [4.69, 9.17) is 9.94 Å². The number of carboxylic acids is 1. The van der Waals surface area contributed by atoms with E-state index in [1.807, 2.05) is 0 Å². The van der Waals surface area contributed by atoms with Gasteiger partial charge in [0.05, 0.1) is 23.5 Å². The summed E-state index contributed by atoms with van der Waals surface area (Å²) in [6, 6.07) is 0. The third-order valence-electron chi connectivity index (χ3n) is 3.26. The molecule has 110 valence electrons. The fraction of sp³-hybridized carbons (Fsp3) is 0.909. The van der Waals surface area contributed by atoms with E-state index in [9.17, 15) is 14.4 Å². The molecule has 7 nitrogen and oxygen atoms in total. The molecule has 0 heterocycles. The van der Waals surface area contributed by atoms with Gasteiger partial charge in [-0.05, 0) is 27.2 Å². The zero-order valence-electron chi connectivity index (χ0n) is 11.5. The average Bonchev–Trinajstić information content (AvgIpc) is 2.65. The fourth-order valence-corrected chi connectivity index (χ4v) is 1.67. The predicted molar refractivity (Wildman–Crippen MR) is 63.7 cm³/mol. The van der Waals surface area contributed by atoms with Gasteiger partial charge in [-0.15, -0.1) is 5.01 Å². The van der Waals surface area contributed by atoms with Crippen LogP contribution in [-0.2, 0) is 9.63 Å². The Balaban J connectivity index is 2.59. The number of carboxylic acid groups (broad SMARTS) is 1. The molecule has 0 aliphatic heterocycles. The molecular formula is C11H20FN3O4. The first-order valence-electron chi connectivity index (χ1n) is 6.07. The summed E-state index contributed by atoms with van der Waals surface area (Å²) in [5.41, 5.74) is -0.455. The molecule has 0 amide bonds. The second kappa shape index (κ2) is 5.58. The highest BCUT2D eigenvalue weighted by atomic mass is 19.1. The van der Waals surface area contributed by atoms with Gasteiger partial charge in [0.25, 0.3) is 0 Å². The molecular weight excluding hydrogens is 257 g/mol. The number of hydrogen-bond donors (Lipinski definition) is 1. The zero-order chi connectivity index (χ0) is 14.8. The van der Waals surface area contributed by atoms with Gasteiger partial charge in [0.15, 0.2) is 6.10 Å². The molecule has 0 aromatic heterocycles. The first kappa shape index (κ1) is 15.5. The van der Waals surface area contributed by atoms with Crippen LogP contribution in [0.2, 0.25) is 0 Å². The normalized spacial score (nSPS) is 28.3. The van der Waals surface area contributed by atoms with Gasteiger partial charge in [0.1, 0.15) is 6.17 Å². The second-order valence-electron chi connectivity index (χ2n) is 5.70. The minimum atomic E-state index is -1.42. The van der Waals surface area contributed by atoms with Gasteiger partial charge in [0, 0.05) is 6.42 Å². The SMILES string of the molecule is CN(/[N+]([O-])=N\O[C@H]1C[C@@H](C(=O)O)C[C@H]1F)C(C)(C)C. The van der Waals surface area contributed by atoms with Gasteiger partial charge in [-0.25, -0.2) is 4.39 Å². The van der Waals surface area contributed by atoms with Crippen molar-refractivity contribution in [2.75, 3.05) is 7.05 Å². The molecule has 19 heavy (non-hydrogen) atoms. The van der Waals surface area contributed by atoms with E-state index in [-0.39, 0.29) is 17.8 Å². The van der Waals surface area contributed by atoms with Crippen molar-refractivity contribution < 1.29 is 24.1 Å². The third kappa shape index (κ3) is 3.93. The van der Waals surface area contributed by atoms with Crippen LogP contribution < -0.4 is 0 Å². The number of halogens is 1. The molecule has 0 radical (unpaired) electrons. The number of nitrogens with zero attached hydrogens (tertiary/aromatic N) is 3. The van der Waals surface area contributed by atoms with Crippen molar-refractivity contribution in [3.05, 3.63) is 5.21 Å². The van der Waals surface area contributed by atoms with E-state index < -0.39 is 29.7 Å². The third-order valence-corrected chi connectivity index (χ3v) is 3.26. The lowest BCUT2D eigenvalue weighted by atomic mass is 10.1. The number of carbonyl (C=O) groups is 1. The Hall–Kier alpha value is -1.60. The molecule has 8 heteroatoms. The Morgan fingerprint density at radius 1 is 1.53 bits per heavy atom. The maximum absolute atomic E-state index is 13.5. The molecule has 1 saturated carbocycles. The zero-order valence-corrected chi connectivity index (χ0v) is 11.5. The number of hydrogen-bond acceptors (Lipinski definition) is 4. The maximum Gasteiger partial charge on any atom is 0.306 e. The summed E-state index contributed by atoms with van der Waals surface area (Å²) >= 11 is 0. The highest BCUT2D eigenvalue weighted by molar-refractivity contribution is 5.70. The molecule has 3 atom stereocenters. The van der Waals surface area contributed by atoms with Crippen LogP contribution in [0.4, 0.5) is 4.39 Å². The monoisotopic (exact) mass is 277 g/mol. The van der Waals surface area contributed by atoms with E-state index in [2.05, 4.69) is 5.28 Å². The summed E-state index contributed by atoms with van der Waals surface area (Å²) in [5.74, 6) is -1.84. The highest BCUT2D eigenvalue weighted by Gasteiger charge is 2.41.